The van der Waals surface area contributed by atoms with Gasteiger partial charge in [0.15, 0.2) is 0 Å². The SMILES string of the molecule is Cc1cc(Cl)cc(N(C)C)c1Cl. The fraction of sp³-hybridized carbons (Fsp3) is 0.333. The van der Waals surface area contributed by atoms with E-state index in [1.54, 1.807) is 0 Å². The molecule has 0 bridgehead atoms. The fourth-order valence-corrected chi connectivity index (χ4v) is 1.58. The van der Waals surface area contributed by atoms with Gasteiger partial charge in [0.1, 0.15) is 0 Å². The van der Waals surface area contributed by atoms with Gasteiger partial charge in [0.05, 0.1) is 10.7 Å². The summed E-state index contributed by atoms with van der Waals surface area (Å²) < 4.78 is 0. The van der Waals surface area contributed by atoms with Crippen molar-refractivity contribution in [2.75, 3.05) is 19.0 Å². The van der Waals surface area contributed by atoms with Gasteiger partial charge >= 0.3 is 0 Å². The first-order valence-electron chi connectivity index (χ1n) is 3.65. The Hall–Kier alpha value is -0.400. The van der Waals surface area contributed by atoms with E-state index in [0.717, 1.165) is 21.3 Å². The molecule has 0 saturated heterocycles. The smallest absolute Gasteiger partial charge is 0.0669 e. The van der Waals surface area contributed by atoms with Crippen molar-refractivity contribution < 1.29 is 0 Å². The summed E-state index contributed by atoms with van der Waals surface area (Å²) in [6.07, 6.45) is 0. The summed E-state index contributed by atoms with van der Waals surface area (Å²) >= 11 is 11.9. The predicted octanol–water partition coefficient (Wildman–Crippen LogP) is 3.37. The van der Waals surface area contributed by atoms with E-state index >= 15 is 0 Å². The van der Waals surface area contributed by atoms with Crippen LogP contribution in [0.3, 0.4) is 0 Å². The second kappa shape index (κ2) is 3.55. The standard InChI is InChI=1S/C9H11Cl2N/c1-6-4-7(10)5-8(9(6)11)12(2)3/h4-5H,1-3H3. The van der Waals surface area contributed by atoms with Crippen LogP contribution in [0.25, 0.3) is 0 Å². The van der Waals surface area contributed by atoms with Gasteiger partial charge in [0.2, 0.25) is 0 Å². The molecule has 12 heavy (non-hydrogen) atoms. The molecule has 1 aromatic rings. The molecule has 3 heteroatoms. The molecule has 0 aliphatic heterocycles. The van der Waals surface area contributed by atoms with Crippen LogP contribution in [0.2, 0.25) is 10.0 Å². The molecule has 0 atom stereocenters. The molecule has 0 spiro atoms. The average molecular weight is 204 g/mol. The number of rotatable bonds is 1. The number of hydrogen-bond acceptors (Lipinski definition) is 1. The largest absolute Gasteiger partial charge is 0.376 e. The first-order chi connectivity index (χ1) is 5.52. The molecule has 0 aromatic heterocycles. The van der Waals surface area contributed by atoms with E-state index in [-0.39, 0.29) is 0 Å². The molecule has 0 fully saturated rings. The summed E-state index contributed by atoms with van der Waals surface area (Å²) in [5.74, 6) is 0. The molecule has 0 radical (unpaired) electrons. The summed E-state index contributed by atoms with van der Waals surface area (Å²) in [5.41, 5.74) is 1.97. The van der Waals surface area contributed by atoms with E-state index in [4.69, 9.17) is 23.2 Å². The van der Waals surface area contributed by atoms with Crippen LogP contribution in [-0.2, 0) is 0 Å². The van der Waals surface area contributed by atoms with Crippen molar-refractivity contribution in [2.45, 2.75) is 6.92 Å². The normalized spacial score (nSPS) is 10.1. The maximum atomic E-state index is 6.06. The Labute approximate surface area is 82.9 Å². The predicted molar refractivity (Wildman–Crippen MR) is 55.5 cm³/mol. The van der Waals surface area contributed by atoms with Crippen molar-refractivity contribution in [1.82, 2.24) is 0 Å². The van der Waals surface area contributed by atoms with Gasteiger partial charge in [-0.1, -0.05) is 23.2 Å². The molecule has 0 unspecified atom stereocenters. The first kappa shape index (κ1) is 9.69. The third-order valence-electron chi connectivity index (χ3n) is 1.68. The van der Waals surface area contributed by atoms with Crippen LogP contribution in [0.1, 0.15) is 5.56 Å². The zero-order chi connectivity index (χ0) is 9.30. The van der Waals surface area contributed by atoms with Gasteiger partial charge < -0.3 is 4.90 Å². The van der Waals surface area contributed by atoms with Crippen molar-refractivity contribution in [3.63, 3.8) is 0 Å². The lowest BCUT2D eigenvalue weighted by Gasteiger charge is -2.15. The Morgan fingerprint density at radius 1 is 1.17 bits per heavy atom. The lowest BCUT2D eigenvalue weighted by molar-refractivity contribution is 1.13. The highest BCUT2D eigenvalue weighted by Crippen LogP contribution is 2.30. The van der Waals surface area contributed by atoms with E-state index in [9.17, 15) is 0 Å². The monoisotopic (exact) mass is 203 g/mol. The number of nitrogens with zero attached hydrogens (tertiary/aromatic N) is 1. The Morgan fingerprint density at radius 2 is 1.75 bits per heavy atom. The van der Waals surface area contributed by atoms with Crippen molar-refractivity contribution >= 4 is 28.9 Å². The van der Waals surface area contributed by atoms with E-state index in [2.05, 4.69) is 0 Å². The number of aryl methyl sites for hydroxylation is 1. The lowest BCUT2D eigenvalue weighted by Crippen LogP contribution is -2.09. The Bertz CT molecular complexity index is 295. The molecule has 1 rings (SSSR count). The van der Waals surface area contributed by atoms with Crippen LogP contribution in [-0.4, -0.2) is 14.1 Å². The number of benzene rings is 1. The fourth-order valence-electron chi connectivity index (χ4n) is 1.03. The Balaban J connectivity index is 3.28. The Kier molecular flexibility index (Phi) is 2.86. The summed E-state index contributed by atoms with van der Waals surface area (Å²) in [5, 5.41) is 1.49. The van der Waals surface area contributed by atoms with Gasteiger partial charge in [-0.3, -0.25) is 0 Å². The second-order valence-electron chi connectivity index (χ2n) is 2.95. The zero-order valence-corrected chi connectivity index (χ0v) is 8.87. The van der Waals surface area contributed by atoms with Crippen molar-refractivity contribution in [3.8, 4) is 0 Å². The van der Waals surface area contributed by atoms with Gasteiger partial charge in [-0.05, 0) is 24.6 Å². The molecule has 0 aliphatic rings. The maximum Gasteiger partial charge on any atom is 0.0669 e. The van der Waals surface area contributed by atoms with Crippen LogP contribution < -0.4 is 4.90 Å². The third kappa shape index (κ3) is 1.85. The van der Waals surface area contributed by atoms with E-state index in [1.165, 1.54) is 0 Å². The second-order valence-corrected chi connectivity index (χ2v) is 3.76. The van der Waals surface area contributed by atoms with Crippen molar-refractivity contribution in [2.24, 2.45) is 0 Å². The van der Waals surface area contributed by atoms with Crippen molar-refractivity contribution in [3.05, 3.63) is 27.7 Å². The number of hydrogen-bond donors (Lipinski definition) is 0. The van der Waals surface area contributed by atoms with E-state index in [1.807, 2.05) is 38.1 Å². The highest BCUT2D eigenvalue weighted by Gasteiger charge is 2.06. The van der Waals surface area contributed by atoms with Gasteiger partial charge in [-0.2, -0.15) is 0 Å². The molecule has 66 valence electrons. The molecule has 0 aliphatic carbocycles. The van der Waals surface area contributed by atoms with Crippen LogP contribution in [0, 0.1) is 6.92 Å². The van der Waals surface area contributed by atoms with Gasteiger partial charge in [0, 0.05) is 19.1 Å². The summed E-state index contributed by atoms with van der Waals surface area (Å²) in [7, 11) is 3.88. The number of halogens is 2. The molecule has 1 aromatic carbocycles. The molecule has 0 heterocycles. The quantitative estimate of drug-likeness (QED) is 0.677. The van der Waals surface area contributed by atoms with Crippen molar-refractivity contribution in [1.29, 1.82) is 0 Å². The minimum atomic E-state index is 0.723. The maximum absolute atomic E-state index is 6.06. The topological polar surface area (TPSA) is 3.24 Å². The molecule has 1 nitrogen and oxygen atoms in total. The minimum Gasteiger partial charge on any atom is -0.376 e. The average Bonchev–Trinajstić information content (AvgIpc) is 1.96. The molecular weight excluding hydrogens is 193 g/mol. The van der Waals surface area contributed by atoms with Crippen LogP contribution in [0.4, 0.5) is 5.69 Å². The zero-order valence-electron chi connectivity index (χ0n) is 7.36. The highest BCUT2D eigenvalue weighted by molar-refractivity contribution is 6.36. The van der Waals surface area contributed by atoms with E-state index < -0.39 is 0 Å². The molecule has 0 N–H and O–H groups in total. The van der Waals surface area contributed by atoms with Crippen LogP contribution >= 0.6 is 23.2 Å². The van der Waals surface area contributed by atoms with Gasteiger partial charge in [-0.25, -0.2) is 0 Å². The van der Waals surface area contributed by atoms with Gasteiger partial charge in [-0.15, -0.1) is 0 Å². The first-order valence-corrected chi connectivity index (χ1v) is 4.41. The number of anilines is 1. The van der Waals surface area contributed by atoms with Crippen LogP contribution in [0.5, 0.6) is 0 Å². The summed E-state index contributed by atoms with van der Waals surface area (Å²) in [4.78, 5) is 1.95. The Morgan fingerprint density at radius 3 is 2.25 bits per heavy atom. The molecule has 0 saturated carbocycles. The summed E-state index contributed by atoms with van der Waals surface area (Å²) in [6.45, 7) is 1.95. The van der Waals surface area contributed by atoms with Crippen LogP contribution in [0.15, 0.2) is 12.1 Å². The lowest BCUT2D eigenvalue weighted by atomic mass is 10.2. The molecular formula is C9H11Cl2N. The summed E-state index contributed by atoms with van der Waals surface area (Å²) in [6, 6.07) is 3.72. The molecule has 0 amide bonds. The third-order valence-corrected chi connectivity index (χ3v) is 2.39. The van der Waals surface area contributed by atoms with Gasteiger partial charge in [0.25, 0.3) is 0 Å². The van der Waals surface area contributed by atoms with E-state index in [0.29, 0.717) is 0 Å². The highest BCUT2D eigenvalue weighted by atomic mass is 35.5. The minimum absolute atomic E-state index is 0.723.